The van der Waals surface area contributed by atoms with Gasteiger partial charge < -0.3 is 5.32 Å². The molecule has 0 atom stereocenters. The quantitative estimate of drug-likeness (QED) is 0.348. The van der Waals surface area contributed by atoms with Crippen LogP contribution in [0.5, 0.6) is 0 Å². The molecule has 5 nitrogen and oxygen atoms in total. The van der Waals surface area contributed by atoms with E-state index in [2.05, 4.69) is 15.3 Å². The van der Waals surface area contributed by atoms with E-state index in [0.29, 0.717) is 23.0 Å². The fourth-order valence-corrected chi connectivity index (χ4v) is 3.53. The Morgan fingerprint density at radius 2 is 1.42 bits per heavy atom. The van der Waals surface area contributed by atoms with E-state index < -0.39 is 0 Å². The summed E-state index contributed by atoms with van der Waals surface area (Å²) in [7, 11) is 0. The maximum Gasteiger partial charge on any atom is 0.227 e. The molecule has 5 rings (SSSR count). The van der Waals surface area contributed by atoms with Crippen molar-refractivity contribution in [2.45, 2.75) is 6.92 Å². The predicted octanol–water partition coefficient (Wildman–Crippen LogP) is 6.33. The molecule has 5 aromatic rings. The number of imidazole rings is 1. The van der Waals surface area contributed by atoms with Crippen molar-refractivity contribution >= 4 is 11.6 Å². The van der Waals surface area contributed by atoms with Crippen LogP contribution < -0.4 is 5.32 Å². The van der Waals surface area contributed by atoms with Gasteiger partial charge in [-0.05, 0) is 73.7 Å². The highest BCUT2D eigenvalue weighted by Gasteiger charge is 2.18. The molecule has 0 aliphatic heterocycles. The van der Waals surface area contributed by atoms with E-state index in [-0.39, 0.29) is 11.6 Å². The number of halogens is 2. The number of rotatable bonds is 5. The van der Waals surface area contributed by atoms with Crippen LogP contribution in [0.2, 0.25) is 0 Å². The molecule has 0 aliphatic rings. The van der Waals surface area contributed by atoms with Crippen LogP contribution in [0.3, 0.4) is 0 Å². The van der Waals surface area contributed by atoms with Crippen molar-refractivity contribution in [3.63, 3.8) is 0 Å². The van der Waals surface area contributed by atoms with Gasteiger partial charge in [-0.2, -0.15) is 0 Å². The summed E-state index contributed by atoms with van der Waals surface area (Å²) >= 11 is 0. The lowest BCUT2D eigenvalue weighted by Gasteiger charge is -2.12. The molecule has 2 aromatic heterocycles. The van der Waals surface area contributed by atoms with Crippen LogP contribution in [-0.2, 0) is 0 Å². The number of benzene rings is 3. The summed E-state index contributed by atoms with van der Waals surface area (Å²) in [4.78, 5) is 13.6. The van der Waals surface area contributed by atoms with Crippen molar-refractivity contribution in [1.82, 2.24) is 19.5 Å². The van der Waals surface area contributed by atoms with Gasteiger partial charge in [0.05, 0.1) is 17.1 Å². The molecule has 0 unspecified atom stereocenters. The molecule has 0 fully saturated rings. The summed E-state index contributed by atoms with van der Waals surface area (Å²) in [6.07, 6.45) is 3.31. The van der Waals surface area contributed by atoms with Crippen molar-refractivity contribution in [1.29, 1.82) is 0 Å². The average molecular weight is 439 g/mol. The molecule has 7 heteroatoms. The highest BCUT2D eigenvalue weighted by Crippen LogP contribution is 2.33. The first-order valence-electron chi connectivity index (χ1n) is 10.3. The van der Waals surface area contributed by atoms with E-state index in [0.717, 1.165) is 22.5 Å². The first-order chi connectivity index (χ1) is 16.1. The lowest BCUT2D eigenvalue weighted by molar-refractivity contribution is 0.627. The van der Waals surface area contributed by atoms with Gasteiger partial charge in [0.1, 0.15) is 18.0 Å². The zero-order valence-corrected chi connectivity index (χ0v) is 17.7. The van der Waals surface area contributed by atoms with Gasteiger partial charge in [0.25, 0.3) is 0 Å². The maximum absolute atomic E-state index is 13.5. The van der Waals surface area contributed by atoms with Crippen LogP contribution in [0.4, 0.5) is 20.4 Å². The number of nitrogens with one attached hydrogen (secondary N) is 1. The van der Waals surface area contributed by atoms with E-state index >= 15 is 0 Å². The van der Waals surface area contributed by atoms with Crippen LogP contribution in [0, 0.1) is 18.6 Å². The molecule has 0 radical (unpaired) electrons. The second-order valence-corrected chi connectivity index (χ2v) is 7.55. The Hall–Kier alpha value is -4.39. The number of anilines is 2. The molecule has 33 heavy (non-hydrogen) atoms. The lowest BCUT2D eigenvalue weighted by atomic mass is 10.1. The predicted molar refractivity (Wildman–Crippen MR) is 124 cm³/mol. The second-order valence-electron chi connectivity index (χ2n) is 7.55. The van der Waals surface area contributed by atoms with Gasteiger partial charge in [-0.1, -0.05) is 17.7 Å². The van der Waals surface area contributed by atoms with Crippen molar-refractivity contribution in [2.24, 2.45) is 0 Å². The molecule has 2 heterocycles. The molecule has 162 valence electrons. The first-order valence-corrected chi connectivity index (χ1v) is 10.3. The average Bonchev–Trinajstić information content (AvgIpc) is 3.27. The Morgan fingerprint density at radius 1 is 0.758 bits per heavy atom. The fourth-order valence-electron chi connectivity index (χ4n) is 3.53. The highest BCUT2D eigenvalue weighted by molar-refractivity contribution is 5.78. The minimum absolute atomic E-state index is 0.328. The third kappa shape index (κ3) is 4.34. The number of hydrogen-bond acceptors (Lipinski definition) is 4. The van der Waals surface area contributed by atoms with Crippen LogP contribution in [-0.4, -0.2) is 19.5 Å². The van der Waals surface area contributed by atoms with Gasteiger partial charge in [0, 0.05) is 23.1 Å². The Kier molecular flexibility index (Phi) is 5.36. The molecule has 0 aliphatic carbocycles. The van der Waals surface area contributed by atoms with Gasteiger partial charge in [0.15, 0.2) is 0 Å². The van der Waals surface area contributed by atoms with Crippen molar-refractivity contribution < 1.29 is 8.78 Å². The fraction of sp³-hybridized carbons (Fsp3) is 0.0385. The zero-order valence-electron chi connectivity index (χ0n) is 17.7. The smallest absolute Gasteiger partial charge is 0.227 e. The van der Waals surface area contributed by atoms with Crippen LogP contribution in [0.1, 0.15) is 5.56 Å². The minimum atomic E-state index is -0.329. The molecule has 0 saturated heterocycles. The Bertz CT molecular complexity index is 1330. The number of nitrogens with zero attached hydrogens (tertiary/aromatic N) is 4. The second kappa shape index (κ2) is 8.63. The van der Waals surface area contributed by atoms with E-state index in [9.17, 15) is 8.78 Å². The third-order valence-electron chi connectivity index (χ3n) is 5.20. The third-order valence-corrected chi connectivity index (χ3v) is 5.20. The molecule has 0 amide bonds. The number of aromatic nitrogens is 4. The van der Waals surface area contributed by atoms with Gasteiger partial charge >= 0.3 is 0 Å². The highest BCUT2D eigenvalue weighted by atomic mass is 19.1. The summed E-state index contributed by atoms with van der Waals surface area (Å²) in [5.74, 6) is -0.232. The molecular formula is C26H19F2N5. The lowest BCUT2D eigenvalue weighted by Crippen LogP contribution is -2.02. The monoisotopic (exact) mass is 439 g/mol. The molecule has 1 N–H and O–H groups in total. The standard InChI is InChI=1S/C26H19F2N5/c1-17-2-10-21(11-3-17)31-26-29-15-14-23(32-26)25-24(18-4-6-19(27)7-5-18)30-16-33(25)22-12-8-20(28)9-13-22/h2-16H,1H3,(H,29,31,32). The van der Waals surface area contributed by atoms with Gasteiger partial charge in [0.2, 0.25) is 5.95 Å². The Balaban J connectivity index is 1.62. The van der Waals surface area contributed by atoms with Crippen molar-refractivity contribution in [3.05, 3.63) is 109 Å². The SMILES string of the molecule is Cc1ccc(Nc2nccc(-c3c(-c4ccc(F)cc4)ncn3-c3ccc(F)cc3)n2)cc1. The molecule has 0 saturated carbocycles. The van der Waals surface area contributed by atoms with E-state index in [1.807, 2.05) is 35.8 Å². The zero-order chi connectivity index (χ0) is 22.8. The number of aryl methyl sites for hydroxylation is 1. The normalized spacial score (nSPS) is 10.9. The molecule has 3 aromatic carbocycles. The number of hydrogen-bond donors (Lipinski definition) is 1. The summed E-state index contributed by atoms with van der Waals surface area (Å²) < 4.78 is 28.9. The summed E-state index contributed by atoms with van der Waals surface area (Å²) in [5.41, 5.74) is 5.39. The van der Waals surface area contributed by atoms with Gasteiger partial charge in [-0.25, -0.2) is 23.7 Å². The Morgan fingerprint density at radius 3 is 2.12 bits per heavy atom. The molecule has 0 spiro atoms. The van der Waals surface area contributed by atoms with E-state index in [1.165, 1.54) is 24.3 Å². The molecular weight excluding hydrogens is 420 g/mol. The summed E-state index contributed by atoms with van der Waals surface area (Å²) in [6.45, 7) is 2.02. The van der Waals surface area contributed by atoms with Crippen molar-refractivity contribution in [3.8, 4) is 28.3 Å². The molecule has 0 bridgehead atoms. The Labute approximate surface area is 189 Å². The van der Waals surface area contributed by atoms with Gasteiger partial charge in [-0.15, -0.1) is 0 Å². The topological polar surface area (TPSA) is 55.6 Å². The van der Waals surface area contributed by atoms with Crippen LogP contribution in [0.25, 0.3) is 28.3 Å². The van der Waals surface area contributed by atoms with Crippen LogP contribution in [0.15, 0.2) is 91.4 Å². The summed E-state index contributed by atoms with van der Waals surface area (Å²) in [6, 6.07) is 21.9. The van der Waals surface area contributed by atoms with Gasteiger partial charge in [-0.3, -0.25) is 4.57 Å². The van der Waals surface area contributed by atoms with E-state index in [4.69, 9.17) is 4.98 Å². The largest absolute Gasteiger partial charge is 0.324 e. The van der Waals surface area contributed by atoms with Crippen molar-refractivity contribution in [2.75, 3.05) is 5.32 Å². The first kappa shape index (κ1) is 20.5. The maximum atomic E-state index is 13.5. The van der Waals surface area contributed by atoms with Crippen LogP contribution >= 0.6 is 0 Å². The van der Waals surface area contributed by atoms with E-state index in [1.54, 1.807) is 42.9 Å². The summed E-state index contributed by atoms with van der Waals surface area (Å²) in [5, 5.41) is 3.22. The minimum Gasteiger partial charge on any atom is -0.324 e.